The monoisotopic (exact) mass is 776 g/mol. The van der Waals surface area contributed by atoms with E-state index < -0.39 is 79.6 Å². The van der Waals surface area contributed by atoms with Gasteiger partial charge in [0.05, 0.1) is 31.5 Å². The van der Waals surface area contributed by atoms with Gasteiger partial charge in [0, 0.05) is 10.0 Å². The van der Waals surface area contributed by atoms with E-state index in [0.717, 1.165) is 10.6 Å². The van der Waals surface area contributed by atoms with E-state index in [-0.39, 0.29) is 10.0 Å². The SMILES string of the molecule is O=C(Nc1c(Cl)cc(Cl)cc1Cl)OC(C(F)(F)F)(C(F)(F)F)C(OC(=O)Nc1c(Cl)cc(Cl)cc1Cl)(C(F)(F)F)C(F)(F)F. The molecule has 6 nitrogen and oxygen atoms in total. The molecule has 0 aliphatic heterocycles. The Morgan fingerprint density at radius 2 is 0.682 bits per heavy atom. The maximum atomic E-state index is 14.2. The van der Waals surface area contributed by atoms with E-state index in [1.165, 1.54) is 0 Å². The topological polar surface area (TPSA) is 76.7 Å². The lowest BCUT2D eigenvalue weighted by Crippen LogP contribution is -2.83. The summed E-state index contributed by atoms with van der Waals surface area (Å²) < 4.78 is 177. The smallest absolute Gasteiger partial charge is 0.418 e. The Morgan fingerprint density at radius 3 is 0.864 bits per heavy atom. The summed E-state index contributed by atoms with van der Waals surface area (Å²) in [7, 11) is 0. The van der Waals surface area contributed by atoms with Crippen LogP contribution in [0.4, 0.5) is 73.6 Å². The molecule has 0 atom stereocenters. The molecular formula is C20H6Cl6F12N2O4. The van der Waals surface area contributed by atoms with Crippen LogP contribution in [0.1, 0.15) is 0 Å². The zero-order valence-corrected chi connectivity index (χ0v) is 24.3. The molecule has 2 aromatic carbocycles. The molecule has 0 saturated carbocycles. The van der Waals surface area contributed by atoms with Crippen molar-refractivity contribution in [3.05, 3.63) is 54.4 Å². The van der Waals surface area contributed by atoms with Crippen molar-refractivity contribution in [1.82, 2.24) is 0 Å². The van der Waals surface area contributed by atoms with Crippen LogP contribution in [0, 0.1) is 0 Å². The number of hydrogen-bond acceptors (Lipinski definition) is 4. The van der Waals surface area contributed by atoms with Gasteiger partial charge in [0.1, 0.15) is 0 Å². The first-order valence-electron chi connectivity index (χ1n) is 10.2. The number of nitrogens with one attached hydrogen (secondary N) is 2. The number of ether oxygens (including phenoxy) is 2. The van der Waals surface area contributed by atoms with Crippen LogP contribution in [-0.2, 0) is 9.47 Å². The molecule has 0 radical (unpaired) electrons. The number of hydrogen-bond donors (Lipinski definition) is 2. The molecule has 0 aliphatic carbocycles. The molecule has 24 heteroatoms. The van der Waals surface area contributed by atoms with Crippen molar-refractivity contribution in [2.45, 2.75) is 35.9 Å². The van der Waals surface area contributed by atoms with Gasteiger partial charge in [-0.15, -0.1) is 0 Å². The minimum absolute atomic E-state index is 0.354. The number of anilines is 2. The Labute approximate surface area is 265 Å². The average molecular weight is 779 g/mol. The van der Waals surface area contributed by atoms with Crippen LogP contribution < -0.4 is 10.6 Å². The number of rotatable bonds is 5. The van der Waals surface area contributed by atoms with E-state index in [1.54, 1.807) is 0 Å². The molecule has 2 N–H and O–H groups in total. The second-order valence-corrected chi connectivity index (χ2v) is 10.4. The molecule has 2 amide bonds. The number of carbonyl (C=O) groups is 2. The van der Waals surface area contributed by atoms with E-state index in [9.17, 15) is 62.3 Å². The third kappa shape index (κ3) is 6.99. The lowest BCUT2D eigenvalue weighted by atomic mass is 9.78. The van der Waals surface area contributed by atoms with Crippen LogP contribution >= 0.6 is 69.6 Å². The first kappa shape index (κ1) is 38.1. The Bertz CT molecular complexity index is 1260. The molecule has 2 aromatic rings. The second-order valence-electron chi connectivity index (χ2n) is 7.87. The molecule has 2 rings (SSSR count). The summed E-state index contributed by atoms with van der Waals surface area (Å²) in [4.78, 5) is 24.6. The second kappa shape index (κ2) is 12.6. The van der Waals surface area contributed by atoms with E-state index >= 15 is 0 Å². The maximum Gasteiger partial charge on any atom is 0.442 e. The molecule has 246 valence electrons. The number of carbonyl (C=O) groups excluding carboxylic acids is 2. The fourth-order valence-corrected chi connectivity index (χ4v) is 5.17. The molecule has 0 bridgehead atoms. The van der Waals surface area contributed by atoms with Gasteiger partial charge in [0.2, 0.25) is 0 Å². The Kier molecular flexibility index (Phi) is 10.9. The average Bonchev–Trinajstić information content (AvgIpc) is 2.77. The molecule has 0 heterocycles. The number of benzene rings is 2. The maximum absolute atomic E-state index is 14.2. The number of alkyl halides is 12. The summed E-state index contributed by atoms with van der Waals surface area (Å²) in [5.41, 5.74) is -17.9. The van der Waals surface area contributed by atoms with Crippen molar-refractivity contribution in [1.29, 1.82) is 0 Å². The third-order valence-electron chi connectivity index (χ3n) is 5.05. The van der Waals surface area contributed by atoms with E-state index in [4.69, 9.17) is 69.6 Å². The molecule has 0 unspecified atom stereocenters. The van der Waals surface area contributed by atoms with E-state index in [1.807, 2.05) is 0 Å². The van der Waals surface area contributed by atoms with Gasteiger partial charge < -0.3 is 9.47 Å². The summed E-state index contributed by atoms with van der Waals surface area (Å²) in [6, 6.07) is 2.62. The summed E-state index contributed by atoms with van der Waals surface area (Å²) in [5.74, 6) is 0. The van der Waals surface area contributed by atoms with Gasteiger partial charge in [-0.2, -0.15) is 52.7 Å². The first-order chi connectivity index (χ1) is 19.6. The summed E-state index contributed by atoms with van der Waals surface area (Å²) >= 11 is 33.5. The minimum Gasteiger partial charge on any atom is -0.418 e. The van der Waals surface area contributed by atoms with Crippen molar-refractivity contribution in [3.8, 4) is 0 Å². The standard InChI is InChI=1S/C20H6Cl6F12N2O4/c21-5-1-7(23)11(8(24)2-5)39-13(41)43-15(17(27,28)29,18(30,31)32)16(19(33,34)35,20(36,37)38)44-14(42)40-12-9(25)3-6(22)4-10(12)26/h1-4H,(H,39,41)(H,40,42). The largest absolute Gasteiger partial charge is 0.442 e. The predicted molar refractivity (Wildman–Crippen MR) is 133 cm³/mol. The molecule has 0 saturated heterocycles. The zero-order chi connectivity index (χ0) is 34.4. The van der Waals surface area contributed by atoms with Gasteiger partial charge in [0.25, 0.3) is 0 Å². The van der Waals surface area contributed by atoms with Crippen LogP contribution in [0.15, 0.2) is 24.3 Å². The van der Waals surface area contributed by atoms with Gasteiger partial charge in [-0.3, -0.25) is 10.6 Å². The van der Waals surface area contributed by atoms with Crippen LogP contribution in [0.2, 0.25) is 30.1 Å². The third-order valence-corrected chi connectivity index (χ3v) is 6.68. The van der Waals surface area contributed by atoms with Crippen molar-refractivity contribution in [2.75, 3.05) is 10.6 Å². The van der Waals surface area contributed by atoms with Gasteiger partial charge in [-0.1, -0.05) is 69.6 Å². The highest BCUT2D eigenvalue weighted by molar-refractivity contribution is 6.43. The van der Waals surface area contributed by atoms with Crippen molar-refractivity contribution in [3.63, 3.8) is 0 Å². The van der Waals surface area contributed by atoms with Gasteiger partial charge in [0.15, 0.2) is 0 Å². The van der Waals surface area contributed by atoms with Crippen LogP contribution in [0.25, 0.3) is 0 Å². The van der Waals surface area contributed by atoms with Gasteiger partial charge in [-0.05, 0) is 24.3 Å². The van der Waals surface area contributed by atoms with Crippen molar-refractivity contribution < 1.29 is 71.7 Å². The Hall–Kier alpha value is -2.12. The molecule has 0 aromatic heterocycles. The summed E-state index contributed by atoms with van der Waals surface area (Å²) in [5, 5.41) is -2.29. The van der Waals surface area contributed by atoms with Crippen LogP contribution in [0.5, 0.6) is 0 Å². The fourth-order valence-electron chi connectivity index (χ4n) is 3.35. The fraction of sp³-hybridized carbons (Fsp3) is 0.300. The normalized spacial score (nSPS) is 13.4. The van der Waals surface area contributed by atoms with Crippen molar-refractivity contribution >= 4 is 93.2 Å². The lowest BCUT2D eigenvalue weighted by molar-refractivity contribution is -0.489. The van der Waals surface area contributed by atoms with E-state index in [2.05, 4.69) is 9.47 Å². The highest BCUT2D eigenvalue weighted by Gasteiger charge is 2.99. The van der Waals surface area contributed by atoms with Gasteiger partial charge in [-0.25, -0.2) is 9.59 Å². The molecule has 0 fully saturated rings. The van der Waals surface area contributed by atoms with Crippen LogP contribution in [-0.4, -0.2) is 48.1 Å². The van der Waals surface area contributed by atoms with Gasteiger partial charge >= 0.3 is 48.1 Å². The molecule has 0 spiro atoms. The first-order valence-corrected chi connectivity index (χ1v) is 12.5. The quantitative estimate of drug-likeness (QED) is 0.296. The Balaban J connectivity index is 2.91. The van der Waals surface area contributed by atoms with Crippen LogP contribution in [0.3, 0.4) is 0 Å². The number of amides is 2. The zero-order valence-electron chi connectivity index (χ0n) is 19.7. The summed E-state index contributed by atoms with van der Waals surface area (Å²) in [6.45, 7) is 0. The number of halogens is 18. The minimum atomic E-state index is -7.92. The van der Waals surface area contributed by atoms with E-state index in [0.29, 0.717) is 24.3 Å². The Morgan fingerprint density at radius 1 is 0.477 bits per heavy atom. The molecular weight excluding hydrogens is 773 g/mol. The molecule has 44 heavy (non-hydrogen) atoms. The highest BCUT2D eigenvalue weighted by atomic mass is 35.5. The summed E-state index contributed by atoms with van der Waals surface area (Å²) in [6.07, 6.45) is -38.3. The highest BCUT2D eigenvalue weighted by Crippen LogP contribution is 2.63. The predicted octanol–water partition coefficient (Wildman–Crippen LogP) is 11.1. The lowest BCUT2D eigenvalue weighted by Gasteiger charge is -2.49. The van der Waals surface area contributed by atoms with Crippen molar-refractivity contribution in [2.24, 2.45) is 0 Å². The molecule has 0 aliphatic rings.